The van der Waals surface area contributed by atoms with Crippen LogP contribution in [0, 0.1) is 0 Å². The van der Waals surface area contributed by atoms with Crippen molar-refractivity contribution >= 4 is 29.3 Å². The number of hydrogen-bond donors (Lipinski definition) is 2. The monoisotopic (exact) mass is 305 g/mol. The number of carbonyl (C=O) groups excluding carboxylic acids is 1. The van der Waals surface area contributed by atoms with Gasteiger partial charge < -0.3 is 15.8 Å². The zero-order chi connectivity index (χ0) is 14.6. The minimum Gasteiger partial charge on any atom is -0.444 e. The van der Waals surface area contributed by atoms with Crippen molar-refractivity contribution in [2.75, 3.05) is 6.54 Å². The Morgan fingerprint density at radius 3 is 2.68 bits per heavy atom. The number of hydrogen-bond acceptors (Lipinski definition) is 4. The molecule has 106 valence electrons. The van der Waals surface area contributed by atoms with Gasteiger partial charge in [-0.1, -0.05) is 23.2 Å². The number of rotatable bonds is 3. The number of nitrogens with one attached hydrogen (secondary N) is 1. The number of aromatic nitrogens is 1. The molecule has 0 spiro atoms. The number of carbonyl (C=O) groups is 1. The summed E-state index contributed by atoms with van der Waals surface area (Å²) in [6.45, 7) is 5.50. The van der Waals surface area contributed by atoms with Crippen LogP contribution in [0.1, 0.15) is 32.4 Å². The van der Waals surface area contributed by atoms with Crippen LogP contribution in [-0.2, 0) is 4.74 Å². The van der Waals surface area contributed by atoms with Crippen molar-refractivity contribution in [3.05, 3.63) is 28.0 Å². The molecule has 0 saturated heterocycles. The van der Waals surface area contributed by atoms with Gasteiger partial charge in [0.1, 0.15) is 10.8 Å². The molecule has 1 heterocycles. The second-order valence-corrected chi connectivity index (χ2v) is 5.76. The fourth-order valence-electron chi connectivity index (χ4n) is 1.41. The Morgan fingerprint density at radius 1 is 1.53 bits per heavy atom. The fraction of sp³-hybridized carbons (Fsp3) is 0.500. The highest BCUT2D eigenvalue weighted by Crippen LogP contribution is 2.24. The van der Waals surface area contributed by atoms with Crippen LogP contribution in [0.5, 0.6) is 0 Å². The summed E-state index contributed by atoms with van der Waals surface area (Å²) in [7, 11) is 0. The van der Waals surface area contributed by atoms with Crippen molar-refractivity contribution < 1.29 is 9.53 Å². The van der Waals surface area contributed by atoms with Crippen LogP contribution in [0.4, 0.5) is 4.79 Å². The van der Waals surface area contributed by atoms with Crippen LogP contribution in [0.2, 0.25) is 10.2 Å². The van der Waals surface area contributed by atoms with E-state index in [0.29, 0.717) is 10.6 Å². The van der Waals surface area contributed by atoms with Gasteiger partial charge in [0, 0.05) is 12.7 Å². The van der Waals surface area contributed by atoms with Gasteiger partial charge in [-0.25, -0.2) is 9.78 Å². The van der Waals surface area contributed by atoms with Gasteiger partial charge in [0.15, 0.2) is 0 Å². The maximum absolute atomic E-state index is 11.7. The molecule has 19 heavy (non-hydrogen) atoms. The Kier molecular flexibility index (Phi) is 5.40. The molecule has 0 aromatic carbocycles. The predicted molar refractivity (Wildman–Crippen MR) is 75.4 cm³/mol. The standard InChI is InChI=1S/C12H17Cl2N3O2/c1-12(2,3)19-11(18)17-9(5-15)7-4-10(14)16-6-8(7)13/h4,6,9H,5,15H2,1-3H3,(H,17,18). The zero-order valence-corrected chi connectivity index (χ0v) is 12.5. The Morgan fingerprint density at radius 2 is 2.16 bits per heavy atom. The lowest BCUT2D eigenvalue weighted by molar-refractivity contribution is 0.0505. The summed E-state index contributed by atoms with van der Waals surface area (Å²) in [4.78, 5) is 15.6. The van der Waals surface area contributed by atoms with Crippen molar-refractivity contribution in [3.63, 3.8) is 0 Å². The third-order valence-corrected chi connectivity index (χ3v) is 2.68. The number of nitrogens with two attached hydrogens (primary N) is 1. The summed E-state index contributed by atoms with van der Waals surface area (Å²) in [6, 6.07) is 1.08. The van der Waals surface area contributed by atoms with Gasteiger partial charge in [0.05, 0.1) is 11.1 Å². The summed E-state index contributed by atoms with van der Waals surface area (Å²) in [6.07, 6.45) is 0.852. The third kappa shape index (κ3) is 5.22. The first-order valence-electron chi connectivity index (χ1n) is 5.73. The minimum atomic E-state index is -0.580. The minimum absolute atomic E-state index is 0.166. The highest BCUT2D eigenvalue weighted by atomic mass is 35.5. The lowest BCUT2D eigenvalue weighted by Gasteiger charge is -2.23. The van der Waals surface area contributed by atoms with E-state index in [-0.39, 0.29) is 11.7 Å². The van der Waals surface area contributed by atoms with E-state index in [9.17, 15) is 4.79 Å². The lowest BCUT2D eigenvalue weighted by atomic mass is 10.1. The van der Waals surface area contributed by atoms with Crippen molar-refractivity contribution in [1.29, 1.82) is 0 Å². The molecule has 5 nitrogen and oxygen atoms in total. The van der Waals surface area contributed by atoms with Gasteiger partial charge in [-0.3, -0.25) is 0 Å². The van der Waals surface area contributed by atoms with Crippen LogP contribution in [0.3, 0.4) is 0 Å². The molecule has 3 N–H and O–H groups in total. The second kappa shape index (κ2) is 6.41. The van der Waals surface area contributed by atoms with Crippen LogP contribution in [-0.4, -0.2) is 23.2 Å². The molecule has 1 aromatic heterocycles. The van der Waals surface area contributed by atoms with E-state index in [1.54, 1.807) is 26.8 Å². The van der Waals surface area contributed by atoms with E-state index in [1.807, 2.05) is 0 Å². The van der Waals surface area contributed by atoms with E-state index in [2.05, 4.69) is 10.3 Å². The average Bonchev–Trinajstić information content (AvgIpc) is 2.27. The highest BCUT2D eigenvalue weighted by Gasteiger charge is 2.21. The first kappa shape index (κ1) is 16.0. The molecule has 0 aliphatic rings. The number of alkyl carbamates (subject to hydrolysis) is 1. The maximum atomic E-state index is 11.7. The quantitative estimate of drug-likeness (QED) is 0.842. The van der Waals surface area contributed by atoms with E-state index in [4.69, 9.17) is 33.7 Å². The Labute approximate surface area is 122 Å². The molecule has 0 radical (unpaired) electrons. The van der Waals surface area contributed by atoms with E-state index >= 15 is 0 Å². The Bertz CT molecular complexity index is 461. The van der Waals surface area contributed by atoms with Gasteiger partial charge in [-0.05, 0) is 32.4 Å². The van der Waals surface area contributed by atoms with Gasteiger partial charge in [0.25, 0.3) is 0 Å². The van der Waals surface area contributed by atoms with Crippen LogP contribution >= 0.6 is 23.2 Å². The number of pyridine rings is 1. The molecule has 1 atom stereocenters. The van der Waals surface area contributed by atoms with Crippen molar-refractivity contribution in [1.82, 2.24) is 10.3 Å². The molecule has 7 heteroatoms. The molecule has 0 aliphatic heterocycles. The second-order valence-electron chi connectivity index (χ2n) is 4.96. The van der Waals surface area contributed by atoms with E-state index in [0.717, 1.165) is 0 Å². The molecule has 0 saturated carbocycles. The topological polar surface area (TPSA) is 77.2 Å². The van der Waals surface area contributed by atoms with Gasteiger partial charge >= 0.3 is 6.09 Å². The molecule has 0 bridgehead atoms. The molecular weight excluding hydrogens is 289 g/mol. The maximum Gasteiger partial charge on any atom is 0.408 e. The third-order valence-electron chi connectivity index (χ3n) is 2.15. The van der Waals surface area contributed by atoms with E-state index < -0.39 is 17.7 Å². The summed E-state index contributed by atoms with van der Waals surface area (Å²) in [5.74, 6) is 0. The number of nitrogens with zero attached hydrogens (tertiary/aromatic N) is 1. The van der Waals surface area contributed by atoms with Gasteiger partial charge in [-0.2, -0.15) is 0 Å². The van der Waals surface area contributed by atoms with Crippen molar-refractivity contribution in [2.45, 2.75) is 32.4 Å². The van der Waals surface area contributed by atoms with Crippen LogP contribution in [0.25, 0.3) is 0 Å². The SMILES string of the molecule is CC(C)(C)OC(=O)NC(CN)c1cc(Cl)ncc1Cl. The normalized spacial score (nSPS) is 12.9. The average molecular weight is 306 g/mol. The number of halogens is 2. The Balaban J connectivity index is 2.84. The largest absolute Gasteiger partial charge is 0.444 e. The smallest absolute Gasteiger partial charge is 0.408 e. The zero-order valence-electron chi connectivity index (χ0n) is 11.0. The van der Waals surface area contributed by atoms with Crippen LogP contribution in [0.15, 0.2) is 12.3 Å². The number of amides is 1. The molecule has 1 rings (SSSR count). The summed E-state index contributed by atoms with van der Waals surface area (Å²) >= 11 is 11.8. The summed E-state index contributed by atoms with van der Waals surface area (Å²) in [5, 5.41) is 3.32. The van der Waals surface area contributed by atoms with Crippen LogP contribution < -0.4 is 11.1 Å². The molecule has 1 amide bonds. The van der Waals surface area contributed by atoms with Crippen molar-refractivity contribution in [2.24, 2.45) is 5.73 Å². The molecule has 0 fully saturated rings. The Hall–Kier alpha value is -1.04. The lowest BCUT2D eigenvalue weighted by Crippen LogP contribution is -2.37. The number of ether oxygens (including phenoxy) is 1. The first-order valence-corrected chi connectivity index (χ1v) is 6.49. The molecule has 1 unspecified atom stereocenters. The van der Waals surface area contributed by atoms with E-state index in [1.165, 1.54) is 6.20 Å². The molecular formula is C12H17Cl2N3O2. The predicted octanol–water partition coefficient (Wildman–Crippen LogP) is 2.91. The fourth-order valence-corrected chi connectivity index (χ4v) is 1.81. The van der Waals surface area contributed by atoms with Crippen molar-refractivity contribution in [3.8, 4) is 0 Å². The first-order chi connectivity index (χ1) is 8.73. The molecule has 0 aliphatic carbocycles. The summed E-state index contributed by atoms with van der Waals surface area (Å²) < 4.78 is 5.16. The molecule has 1 aromatic rings. The summed E-state index contributed by atoms with van der Waals surface area (Å²) in [5.41, 5.74) is 5.67. The van der Waals surface area contributed by atoms with Gasteiger partial charge in [0.2, 0.25) is 0 Å². The van der Waals surface area contributed by atoms with Gasteiger partial charge in [-0.15, -0.1) is 0 Å². The highest BCUT2D eigenvalue weighted by molar-refractivity contribution is 6.32.